The molecule has 0 aliphatic carbocycles. The summed E-state index contributed by atoms with van der Waals surface area (Å²) in [6.07, 6.45) is 6.39. The maximum atomic E-state index is 10.8. The number of amides is 1. The summed E-state index contributed by atoms with van der Waals surface area (Å²) in [6, 6.07) is 16.0. The van der Waals surface area contributed by atoms with Gasteiger partial charge in [-0.25, -0.2) is 0 Å². The zero-order valence-corrected chi connectivity index (χ0v) is 16.0. The molecule has 1 amide bonds. The highest BCUT2D eigenvalue weighted by atomic mass is 16.5. The quantitative estimate of drug-likeness (QED) is 0.594. The summed E-state index contributed by atoms with van der Waals surface area (Å²) >= 11 is 0. The second kappa shape index (κ2) is 13.9. The van der Waals surface area contributed by atoms with Gasteiger partial charge < -0.3 is 15.8 Å². The van der Waals surface area contributed by atoms with Crippen LogP contribution in [0.15, 0.2) is 48.5 Å². The van der Waals surface area contributed by atoms with E-state index in [1.54, 1.807) is 0 Å². The lowest BCUT2D eigenvalue weighted by Crippen LogP contribution is -2.02. The van der Waals surface area contributed by atoms with E-state index in [1.165, 1.54) is 18.4 Å². The van der Waals surface area contributed by atoms with Crippen molar-refractivity contribution in [3.05, 3.63) is 59.7 Å². The first-order valence-electron chi connectivity index (χ1n) is 9.45. The predicted octanol–water partition coefficient (Wildman–Crippen LogP) is 4.92. The van der Waals surface area contributed by atoms with E-state index in [4.69, 9.17) is 10.5 Å². The van der Waals surface area contributed by atoms with Crippen LogP contribution < -0.4 is 15.8 Å². The van der Waals surface area contributed by atoms with Gasteiger partial charge in [0.05, 0.1) is 5.69 Å². The van der Waals surface area contributed by atoms with E-state index in [2.05, 4.69) is 25.2 Å². The van der Waals surface area contributed by atoms with Crippen molar-refractivity contribution in [3.8, 4) is 5.75 Å². The largest absolute Gasteiger partial charge is 0.487 e. The molecule has 0 bridgehead atoms. The molecule has 0 aromatic heterocycles. The van der Waals surface area contributed by atoms with Gasteiger partial charge in [0.2, 0.25) is 6.41 Å². The van der Waals surface area contributed by atoms with Crippen LogP contribution in [-0.4, -0.2) is 13.0 Å². The molecule has 4 nitrogen and oxygen atoms in total. The fraction of sp³-hybridized carbons (Fsp3) is 0.409. The Kier molecular flexibility index (Phi) is 11.6. The number of rotatable bonds is 10. The highest BCUT2D eigenvalue weighted by Crippen LogP contribution is 2.27. The summed E-state index contributed by atoms with van der Waals surface area (Å²) in [7, 11) is 0. The fourth-order valence-electron chi connectivity index (χ4n) is 2.36. The predicted molar refractivity (Wildman–Crippen MR) is 109 cm³/mol. The van der Waals surface area contributed by atoms with Crippen molar-refractivity contribution in [2.24, 2.45) is 5.73 Å². The maximum absolute atomic E-state index is 10.8. The SMILES string of the molecule is CCCCN.CCCCc1ccc(OCc2ccccc2)c(NC=O)c1. The third kappa shape index (κ3) is 8.67. The number of hydrogen-bond donors (Lipinski definition) is 2. The Morgan fingerprint density at radius 1 is 1.00 bits per heavy atom. The molecule has 2 aromatic carbocycles. The molecule has 26 heavy (non-hydrogen) atoms. The minimum absolute atomic E-state index is 0.489. The molecule has 0 aliphatic heterocycles. The first-order valence-corrected chi connectivity index (χ1v) is 9.45. The van der Waals surface area contributed by atoms with Crippen molar-refractivity contribution < 1.29 is 9.53 Å². The third-order valence-electron chi connectivity index (χ3n) is 3.87. The van der Waals surface area contributed by atoms with Gasteiger partial charge in [-0.05, 0) is 49.1 Å². The first-order chi connectivity index (χ1) is 12.7. The average Bonchev–Trinajstić information content (AvgIpc) is 2.68. The van der Waals surface area contributed by atoms with Crippen molar-refractivity contribution in [1.29, 1.82) is 0 Å². The Morgan fingerprint density at radius 3 is 2.31 bits per heavy atom. The van der Waals surface area contributed by atoms with Crippen LogP contribution in [0.3, 0.4) is 0 Å². The molecule has 3 N–H and O–H groups in total. The van der Waals surface area contributed by atoms with Crippen LogP contribution in [0.5, 0.6) is 5.75 Å². The van der Waals surface area contributed by atoms with Gasteiger partial charge in [0.1, 0.15) is 12.4 Å². The summed E-state index contributed by atoms with van der Waals surface area (Å²) in [5, 5.41) is 2.72. The number of hydrogen-bond acceptors (Lipinski definition) is 3. The van der Waals surface area contributed by atoms with Crippen LogP contribution in [0.4, 0.5) is 5.69 Å². The highest BCUT2D eigenvalue weighted by Gasteiger charge is 2.05. The summed E-state index contributed by atoms with van der Waals surface area (Å²) in [5.41, 5.74) is 8.19. The van der Waals surface area contributed by atoms with Gasteiger partial charge in [0.25, 0.3) is 0 Å². The average molecular weight is 357 g/mol. The molecule has 2 aromatic rings. The van der Waals surface area contributed by atoms with Crippen LogP contribution in [0.25, 0.3) is 0 Å². The summed E-state index contributed by atoms with van der Waals surface area (Å²) in [4.78, 5) is 10.8. The van der Waals surface area contributed by atoms with Crippen LogP contribution >= 0.6 is 0 Å². The first kappa shape index (κ1) is 21.7. The topological polar surface area (TPSA) is 64.3 Å². The van der Waals surface area contributed by atoms with Crippen LogP contribution in [0.1, 0.15) is 50.7 Å². The summed E-state index contributed by atoms with van der Waals surface area (Å²) in [6.45, 7) is 5.63. The molecule has 142 valence electrons. The standard InChI is InChI=1S/C18H21NO2.C4H11N/c1-2-3-7-15-10-11-18(17(12-15)19-14-20)21-13-16-8-5-4-6-9-16;1-2-3-4-5/h4-6,8-12,14H,2-3,7,13H2,1H3,(H,19,20);2-5H2,1H3. The van der Waals surface area contributed by atoms with Crippen molar-refractivity contribution in [2.45, 2.75) is 52.6 Å². The number of benzene rings is 2. The number of ether oxygens (including phenoxy) is 1. The minimum atomic E-state index is 0.489. The van der Waals surface area contributed by atoms with Gasteiger partial charge in [0, 0.05) is 0 Å². The van der Waals surface area contributed by atoms with Gasteiger partial charge in [-0.15, -0.1) is 0 Å². The Morgan fingerprint density at radius 2 is 1.73 bits per heavy atom. The molecule has 0 saturated carbocycles. The molecule has 0 fully saturated rings. The number of nitrogens with two attached hydrogens (primary N) is 1. The molecule has 0 heterocycles. The van der Waals surface area contributed by atoms with Gasteiger partial charge in [-0.1, -0.05) is 63.1 Å². The molecular weight excluding hydrogens is 324 g/mol. The van der Waals surface area contributed by atoms with Crippen LogP contribution in [0.2, 0.25) is 0 Å². The van der Waals surface area contributed by atoms with E-state index >= 15 is 0 Å². The molecule has 0 saturated heterocycles. The molecule has 2 rings (SSSR count). The second-order valence-electron chi connectivity index (χ2n) is 6.11. The Balaban J connectivity index is 0.000000597. The zero-order chi connectivity index (χ0) is 19.0. The monoisotopic (exact) mass is 356 g/mol. The summed E-state index contributed by atoms with van der Waals surface area (Å²) in [5.74, 6) is 0.700. The van der Waals surface area contributed by atoms with Gasteiger partial charge >= 0.3 is 0 Å². The number of carbonyl (C=O) groups is 1. The fourth-order valence-corrected chi connectivity index (χ4v) is 2.36. The van der Waals surface area contributed by atoms with E-state index in [0.717, 1.165) is 37.1 Å². The number of aryl methyl sites for hydroxylation is 1. The Bertz CT molecular complexity index is 613. The minimum Gasteiger partial charge on any atom is -0.487 e. The lowest BCUT2D eigenvalue weighted by molar-refractivity contribution is -0.105. The highest BCUT2D eigenvalue weighted by molar-refractivity contribution is 5.75. The Hall–Kier alpha value is -2.33. The van der Waals surface area contributed by atoms with Gasteiger partial charge in [-0.3, -0.25) is 4.79 Å². The van der Waals surface area contributed by atoms with Crippen molar-refractivity contribution in [1.82, 2.24) is 0 Å². The molecule has 0 unspecified atom stereocenters. The van der Waals surface area contributed by atoms with Gasteiger partial charge in [-0.2, -0.15) is 0 Å². The molecule has 4 heteroatoms. The van der Waals surface area contributed by atoms with Crippen LogP contribution in [0, 0.1) is 0 Å². The second-order valence-corrected chi connectivity index (χ2v) is 6.11. The van der Waals surface area contributed by atoms with E-state index in [-0.39, 0.29) is 0 Å². The molecule has 0 atom stereocenters. The number of carbonyl (C=O) groups excluding carboxylic acids is 1. The number of unbranched alkanes of at least 4 members (excludes halogenated alkanes) is 2. The normalized spacial score (nSPS) is 9.81. The smallest absolute Gasteiger partial charge is 0.211 e. The van der Waals surface area contributed by atoms with E-state index in [0.29, 0.717) is 18.8 Å². The maximum Gasteiger partial charge on any atom is 0.211 e. The van der Waals surface area contributed by atoms with Crippen molar-refractivity contribution in [3.63, 3.8) is 0 Å². The number of anilines is 1. The lowest BCUT2D eigenvalue weighted by atomic mass is 10.1. The molecular formula is C22H32N2O2. The van der Waals surface area contributed by atoms with Crippen molar-refractivity contribution in [2.75, 3.05) is 11.9 Å². The lowest BCUT2D eigenvalue weighted by Gasteiger charge is -2.12. The summed E-state index contributed by atoms with van der Waals surface area (Å²) < 4.78 is 5.81. The van der Waals surface area contributed by atoms with E-state index < -0.39 is 0 Å². The molecule has 0 spiro atoms. The van der Waals surface area contributed by atoms with E-state index in [9.17, 15) is 4.79 Å². The third-order valence-corrected chi connectivity index (χ3v) is 3.87. The Labute approximate surface area is 157 Å². The zero-order valence-electron chi connectivity index (χ0n) is 16.0. The van der Waals surface area contributed by atoms with Crippen LogP contribution in [-0.2, 0) is 17.8 Å². The molecule has 0 radical (unpaired) electrons. The number of nitrogens with one attached hydrogen (secondary N) is 1. The van der Waals surface area contributed by atoms with Crippen molar-refractivity contribution >= 4 is 12.1 Å². The van der Waals surface area contributed by atoms with Gasteiger partial charge in [0.15, 0.2) is 0 Å². The van der Waals surface area contributed by atoms with E-state index in [1.807, 2.05) is 42.5 Å². The molecule has 0 aliphatic rings.